The van der Waals surface area contributed by atoms with Crippen molar-refractivity contribution in [3.63, 3.8) is 0 Å². The van der Waals surface area contributed by atoms with Crippen molar-refractivity contribution >= 4 is 16.7 Å². The van der Waals surface area contributed by atoms with Crippen molar-refractivity contribution in [1.29, 1.82) is 0 Å². The quantitative estimate of drug-likeness (QED) is 0.632. The Morgan fingerprint density at radius 3 is 2.88 bits per heavy atom. The standard InChI is InChI=1S/C13H13NO2/c1-3-4-9-10-5-8-13(15)16-12(10)7-6-11(9)14-2/h3,5-8,14H,1,4H2,2H3. The first kappa shape index (κ1) is 10.5. The Balaban J connectivity index is 2.78. The molecule has 0 aliphatic heterocycles. The third kappa shape index (κ3) is 1.72. The minimum atomic E-state index is -0.325. The number of fused-ring (bicyclic) bond motifs is 1. The Kier molecular flexibility index (Phi) is 2.77. The molecule has 0 radical (unpaired) electrons. The van der Waals surface area contributed by atoms with Crippen molar-refractivity contribution in [3.8, 4) is 0 Å². The molecule has 82 valence electrons. The second-order valence-electron chi connectivity index (χ2n) is 3.50. The highest BCUT2D eigenvalue weighted by Gasteiger charge is 2.06. The van der Waals surface area contributed by atoms with Crippen LogP contribution in [0.5, 0.6) is 0 Å². The summed E-state index contributed by atoms with van der Waals surface area (Å²) in [6, 6.07) is 6.94. The zero-order chi connectivity index (χ0) is 11.5. The van der Waals surface area contributed by atoms with E-state index in [1.807, 2.05) is 19.2 Å². The first-order valence-corrected chi connectivity index (χ1v) is 5.10. The summed E-state index contributed by atoms with van der Waals surface area (Å²) in [5.74, 6) is 0. The van der Waals surface area contributed by atoms with Gasteiger partial charge >= 0.3 is 5.63 Å². The van der Waals surface area contributed by atoms with Crippen molar-refractivity contribution in [2.24, 2.45) is 0 Å². The molecule has 0 spiro atoms. The topological polar surface area (TPSA) is 42.2 Å². The summed E-state index contributed by atoms with van der Waals surface area (Å²) in [5, 5.41) is 4.07. The second kappa shape index (κ2) is 4.23. The van der Waals surface area contributed by atoms with Crippen LogP contribution >= 0.6 is 0 Å². The molecule has 0 fully saturated rings. The molecule has 0 atom stereocenters. The van der Waals surface area contributed by atoms with Gasteiger partial charge in [-0.2, -0.15) is 0 Å². The third-order valence-electron chi connectivity index (χ3n) is 2.53. The van der Waals surface area contributed by atoms with Crippen LogP contribution in [0.15, 0.2) is 46.1 Å². The van der Waals surface area contributed by atoms with Gasteiger partial charge in [0, 0.05) is 24.2 Å². The van der Waals surface area contributed by atoms with Gasteiger partial charge in [0.05, 0.1) is 0 Å². The lowest BCUT2D eigenvalue weighted by molar-refractivity contribution is 0.561. The third-order valence-corrected chi connectivity index (χ3v) is 2.53. The Labute approximate surface area is 93.4 Å². The summed E-state index contributed by atoms with van der Waals surface area (Å²) in [6.45, 7) is 3.74. The van der Waals surface area contributed by atoms with Crippen molar-refractivity contribution in [2.45, 2.75) is 6.42 Å². The van der Waals surface area contributed by atoms with E-state index in [4.69, 9.17) is 4.42 Å². The molecule has 1 aromatic carbocycles. The molecule has 3 nitrogen and oxygen atoms in total. The van der Waals surface area contributed by atoms with E-state index in [2.05, 4.69) is 11.9 Å². The summed E-state index contributed by atoms with van der Waals surface area (Å²) in [6.07, 6.45) is 2.57. The van der Waals surface area contributed by atoms with Crippen LogP contribution in [0.1, 0.15) is 5.56 Å². The maximum Gasteiger partial charge on any atom is 0.336 e. The molecule has 0 bridgehead atoms. The predicted octanol–water partition coefficient (Wildman–Crippen LogP) is 2.56. The zero-order valence-electron chi connectivity index (χ0n) is 9.12. The van der Waals surface area contributed by atoms with E-state index in [-0.39, 0.29) is 5.63 Å². The van der Waals surface area contributed by atoms with Crippen LogP contribution in [0.2, 0.25) is 0 Å². The Morgan fingerprint density at radius 1 is 1.38 bits per heavy atom. The SMILES string of the molecule is C=CCc1c(NC)ccc2oc(=O)ccc12. The van der Waals surface area contributed by atoms with E-state index in [9.17, 15) is 4.79 Å². The van der Waals surface area contributed by atoms with Gasteiger partial charge in [0.2, 0.25) is 0 Å². The normalized spacial score (nSPS) is 10.3. The van der Waals surface area contributed by atoms with E-state index < -0.39 is 0 Å². The van der Waals surface area contributed by atoms with Crippen molar-refractivity contribution in [1.82, 2.24) is 0 Å². The first-order valence-electron chi connectivity index (χ1n) is 5.10. The van der Waals surface area contributed by atoms with Gasteiger partial charge < -0.3 is 9.73 Å². The summed E-state index contributed by atoms with van der Waals surface area (Å²) >= 11 is 0. The highest BCUT2D eigenvalue weighted by molar-refractivity contribution is 5.86. The van der Waals surface area contributed by atoms with E-state index in [1.54, 1.807) is 12.1 Å². The second-order valence-corrected chi connectivity index (χ2v) is 3.50. The van der Waals surface area contributed by atoms with Crippen LogP contribution in [-0.2, 0) is 6.42 Å². The number of anilines is 1. The first-order chi connectivity index (χ1) is 7.76. The van der Waals surface area contributed by atoms with Crippen LogP contribution in [0.3, 0.4) is 0 Å². The summed E-state index contributed by atoms with van der Waals surface area (Å²) in [4.78, 5) is 11.1. The molecule has 2 aromatic rings. The monoisotopic (exact) mass is 215 g/mol. The van der Waals surface area contributed by atoms with Crippen molar-refractivity contribution in [3.05, 3.63) is 52.9 Å². The van der Waals surface area contributed by atoms with Crippen LogP contribution < -0.4 is 10.9 Å². The number of benzene rings is 1. The summed E-state index contributed by atoms with van der Waals surface area (Å²) in [5.41, 5.74) is 2.41. The molecule has 0 saturated heterocycles. The van der Waals surface area contributed by atoms with Crippen LogP contribution in [0.4, 0.5) is 5.69 Å². The fourth-order valence-corrected chi connectivity index (χ4v) is 1.81. The molecular formula is C13H13NO2. The molecule has 2 rings (SSSR count). The fourth-order valence-electron chi connectivity index (χ4n) is 1.81. The van der Waals surface area contributed by atoms with Gasteiger partial charge in [-0.05, 0) is 30.2 Å². The predicted molar refractivity (Wildman–Crippen MR) is 65.9 cm³/mol. The van der Waals surface area contributed by atoms with Gasteiger partial charge in [-0.1, -0.05) is 6.08 Å². The maximum atomic E-state index is 11.1. The van der Waals surface area contributed by atoms with Gasteiger partial charge in [0.15, 0.2) is 0 Å². The Bertz CT molecular complexity index is 584. The number of hydrogen-bond donors (Lipinski definition) is 1. The number of nitrogens with one attached hydrogen (secondary N) is 1. The van der Waals surface area contributed by atoms with Crippen molar-refractivity contribution in [2.75, 3.05) is 12.4 Å². The summed E-state index contributed by atoms with van der Waals surface area (Å²) in [7, 11) is 1.87. The number of allylic oxidation sites excluding steroid dienone is 1. The van der Waals surface area contributed by atoms with Crippen LogP contribution in [-0.4, -0.2) is 7.05 Å². The lowest BCUT2D eigenvalue weighted by atomic mass is 10.0. The number of hydrogen-bond acceptors (Lipinski definition) is 3. The fraction of sp³-hybridized carbons (Fsp3) is 0.154. The van der Waals surface area contributed by atoms with Gasteiger partial charge in [-0.3, -0.25) is 0 Å². The minimum Gasteiger partial charge on any atom is -0.423 e. The molecular weight excluding hydrogens is 202 g/mol. The molecule has 3 heteroatoms. The molecule has 0 amide bonds. The van der Waals surface area contributed by atoms with Gasteiger partial charge in [0.25, 0.3) is 0 Å². The molecule has 1 heterocycles. The average Bonchev–Trinajstić information content (AvgIpc) is 2.29. The molecule has 0 unspecified atom stereocenters. The van der Waals surface area contributed by atoms with E-state index in [0.717, 1.165) is 23.1 Å². The molecule has 0 saturated carbocycles. The lowest BCUT2D eigenvalue weighted by Crippen LogP contribution is -1.99. The Morgan fingerprint density at radius 2 is 2.19 bits per heavy atom. The molecule has 16 heavy (non-hydrogen) atoms. The van der Waals surface area contributed by atoms with Crippen LogP contribution in [0, 0.1) is 0 Å². The van der Waals surface area contributed by atoms with Crippen LogP contribution in [0.25, 0.3) is 11.0 Å². The smallest absolute Gasteiger partial charge is 0.336 e. The highest BCUT2D eigenvalue weighted by Crippen LogP contribution is 2.25. The highest BCUT2D eigenvalue weighted by atomic mass is 16.4. The van der Waals surface area contributed by atoms with Gasteiger partial charge in [-0.15, -0.1) is 6.58 Å². The average molecular weight is 215 g/mol. The van der Waals surface area contributed by atoms with E-state index >= 15 is 0 Å². The molecule has 1 N–H and O–H groups in total. The summed E-state index contributed by atoms with van der Waals surface area (Å²) < 4.78 is 5.13. The van der Waals surface area contributed by atoms with E-state index in [0.29, 0.717) is 5.58 Å². The molecule has 0 aliphatic carbocycles. The zero-order valence-corrected chi connectivity index (χ0v) is 9.12. The molecule has 1 aromatic heterocycles. The van der Waals surface area contributed by atoms with Crippen molar-refractivity contribution < 1.29 is 4.42 Å². The van der Waals surface area contributed by atoms with Gasteiger partial charge in [0.1, 0.15) is 5.58 Å². The number of rotatable bonds is 3. The largest absolute Gasteiger partial charge is 0.423 e. The van der Waals surface area contributed by atoms with Gasteiger partial charge in [-0.25, -0.2) is 4.79 Å². The lowest BCUT2D eigenvalue weighted by Gasteiger charge is -2.09. The maximum absolute atomic E-state index is 11.1. The Hall–Kier alpha value is -2.03. The minimum absolute atomic E-state index is 0.325. The van der Waals surface area contributed by atoms with E-state index in [1.165, 1.54) is 6.07 Å². The molecule has 0 aliphatic rings.